The Bertz CT molecular complexity index is 823. The molecule has 5 heteroatoms. The van der Waals surface area contributed by atoms with E-state index in [0.717, 1.165) is 22.1 Å². The van der Waals surface area contributed by atoms with E-state index in [-0.39, 0.29) is 11.7 Å². The molecule has 0 spiro atoms. The van der Waals surface area contributed by atoms with Crippen LogP contribution in [0.5, 0.6) is 0 Å². The Morgan fingerprint density at radius 1 is 1.14 bits per heavy atom. The van der Waals surface area contributed by atoms with Crippen LogP contribution in [-0.2, 0) is 4.79 Å². The number of thioether (sulfide) groups is 1. The zero-order chi connectivity index (χ0) is 14.2. The molecule has 4 nitrogen and oxygen atoms in total. The second-order valence-corrected chi connectivity index (χ2v) is 6.05. The molecule has 0 aliphatic carbocycles. The summed E-state index contributed by atoms with van der Waals surface area (Å²) >= 11 is 1.62. The maximum Gasteiger partial charge on any atom is 0.238 e. The topological polar surface area (TPSA) is 56.0 Å². The minimum Gasteiger partial charge on any atom is -0.338 e. The van der Waals surface area contributed by atoms with Gasteiger partial charge in [-0.05, 0) is 10.8 Å². The van der Waals surface area contributed by atoms with Crippen LogP contribution in [-0.4, -0.2) is 27.4 Å². The van der Waals surface area contributed by atoms with Crippen LogP contribution in [0.2, 0.25) is 0 Å². The molecule has 1 fully saturated rings. The first kappa shape index (κ1) is 12.6. The van der Waals surface area contributed by atoms with E-state index in [2.05, 4.69) is 22.3 Å². The van der Waals surface area contributed by atoms with Crippen LogP contribution in [0, 0.1) is 0 Å². The summed E-state index contributed by atoms with van der Waals surface area (Å²) < 4.78 is 5.33. The van der Waals surface area contributed by atoms with Gasteiger partial charge in [0.1, 0.15) is 5.92 Å². The van der Waals surface area contributed by atoms with Gasteiger partial charge in [0.25, 0.3) is 0 Å². The van der Waals surface area contributed by atoms with E-state index in [1.54, 1.807) is 11.8 Å². The highest BCUT2D eigenvalue weighted by Crippen LogP contribution is 2.31. The fourth-order valence-electron chi connectivity index (χ4n) is 2.59. The summed E-state index contributed by atoms with van der Waals surface area (Å²) in [6.07, 6.45) is 0. The molecule has 0 bridgehead atoms. The molecule has 0 saturated carbocycles. The highest BCUT2D eigenvalue weighted by atomic mass is 32.2. The number of benzene rings is 2. The second kappa shape index (κ2) is 5.00. The summed E-state index contributed by atoms with van der Waals surface area (Å²) in [5, 5.41) is 6.28. The smallest absolute Gasteiger partial charge is 0.238 e. The van der Waals surface area contributed by atoms with Crippen molar-refractivity contribution in [3.63, 3.8) is 0 Å². The predicted molar refractivity (Wildman–Crippen MR) is 82.3 cm³/mol. The lowest BCUT2D eigenvalue weighted by atomic mass is 10.0. The number of ketones is 1. The van der Waals surface area contributed by atoms with Gasteiger partial charge >= 0.3 is 0 Å². The minimum atomic E-state index is -0.244. The lowest BCUT2D eigenvalue weighted by Gasteiger charge is -2.01. The van der Waals surface area contributed by atoms with E-state index in [4.69, 9.17) is 4.52 Å². The van der Waals surface area contributed by atoms with Crippen molar-refractivity contribution in [3.8, 4) is 11.4 Å². The Kier molecular flexibility index (Phi) is 3.00. The molecule has 1 aliphatic heterocycles. The molecule has 0 N–H and O–H groups in total. The predicted octanol–water partition coefficient (Wildman–Crippen LogP) is 3.29. The first-order chi connectivity index (χ1) is 10.3. The number of carbonyl (C=O) groups is 1. The van der Waals surface area contributed by atoms with Gasteiger partial charge < -0.3 is 4.52 Å². The largest absolute Gasteiger partial charge is 0.338 e. The summed E-state index contributed by atoms with van der Waals surface area (Å²) in [5.74, 6) is 2.19. The first-order valence-electron chi connectivity index (χ1n) is 6.75. The van der Waals surface area contributed by atoms with E-state index in [1.165, 1.54) is 0 Å². The molecule has 2 aromatic carbocycles. The van der Waals surface area contributed by atoms with Gasteiger partial charge in [-0.15, -0.1) is 0 Å². The van der Waals surface area contributed by atoms with Crippen LogP contribution < -0.4 is 0 Å². The maximum atomic E-state index is 11.8. The average Bonchev–Trinajstić information content (AvgIpc) is 3.15. The zero-order valence-electron chi connectivity index (χ0n) is 11.2. The molecule has 1 atom stereocenters. The highest BCUT2D eigenvalue weighted by molar-refractivity contribution is 8.00. The van der Waals surface area contributed by atoms with Gasteiger partial charge in [-0.25, -0.2) is 0 Å². The van der Waals surface area contributed by atoms with Crippen molar-refractivity contribution in [1.82, 2.24) is 10.1 Å². The third-order valence-corrected chi connectivity index (χ3v) is 4.75. The highest BCUT2D eigenvalue weighted by Gasteiger charge is 2.31. The van der Waals surface area contributed by atoms with E-state index in [1.807, 2.05) is 30.3 Å². The summed E-state index contributed by atoms with van der Waals surface area (Å²) in [7, 11) is 0. The zero-order valence-corrected chi connectivity index (χ0v) is 12.0. The number of rotatable bonds is 2. The Morgan fingerprint density at radius 2 is 2.00 bits per heavy atom. The monoisotopic (exact) mass is 296 g/mol. The molecular weight excluding hydrogens is 284 g/mol. The second-order valence-electron chi connectivity index (χ2n) is 5.02. The van der Waals surface area contributed by atoms with Crippen molar-refractivity contribution < 1.29 is 9.32 Å². The van der Waals surface area contributed by atoms with Gasteiger partial charge in [-0.2, -0.15) is 16.7 Å². The van der Waals surface area contributed by atoms with Gasteiger partial charge in [0.2, 0.25) is 11.7 Å². The van der Waals surface area contributed by atoms with Crippen molar-refractivity contribution in [2.24, 2.45) is 0 Å². The van der Waals surface area contributed by atoms with Crippen LogP contribution in [0.4, 0.5) is 0 Å². The summed E-state index contributed by atoms with van der Waals surface area (Å²) in [6.45, 7) is 0. The fourth-order valence-corrected chi connectivity index (χ4v) is 3.67. The Labute approximate surface area is 125 Å². The van der Waals surface area contributed by atoms with Gasteiger partial charge in [0.15, 0.2) is 5.78 Å². The summed E-state index contributed by atoms with van der Waals surface area (Å²) in [6, 6.07) is 14.1. The molecule has 104 valence electrons. The Balaban J connectivity index is 1.79. The molecule has 1 unspecified atom stereocenters. The van der Waals surface area contributed by atoms with Gasteiger partial charge in [-0.3, -0.25) is 4.79 Å². The lowest BCUT2D eigenvalue weighted by Crippen LogP contribution is -2.09. The molecule has 1 aliphatic rings. The number of nitrogens with zero attached hydrogens (tertiary/aromatic N) is 2. The van der Waals surface area contributed by atoms with E-state index < -0.39 is 0 Å². The standard InChI is InChI=1S/C16H12N2O2S/c19-14-9-21-8-13(14)16-17-15(18-20-16)12-7-3-5-10-4-1-2-6-11(10)12/h1-7,13H,8-9H2. The van der Waals surface area contributed by atoms with Gasteiger partial charge in [0, 0.05) is 11.3 Å². The van der Waals surface area contributed by atoms with Gasteiger partial charge in [-0.1, -0.05) is 47.6 Å². The summed E-state index contributed by atoms with van der Waals surface area (Å²) in [4.78, 5) is 16.2. The van der Waals surface area contributed by atoms with Crippen molar-refractivity contribution in [2.45, 2.75) is 5.92 Å². The first-order valence-corrected chi connectivity index (χ1v) is 7.90. The molecule has 0 amide bonds. The van der Waals surface area contributed by atoms with Crippen molar-refractivity contribution in [1.29, 1.82) is 0 Å². The molecule has 0 radical (unpaired) electrons. The maximum absolute atomic E-state index is 11.8. The van der Waals surface area contributed by atoms with Crippen LogP contribution in [0.25, 0.3) is 22.2 Å². The third-order valence-electron chi connectivity index (χ3n) is 3.69. The summed E-state index contributed by atoms with van der Waals surface area (Å²) in [5.41, 5.74) is 0.932. The molecule has 4 rings (SSSR count). The molecular formula is C16H12N2O2S. The molecule has 2 heterocycles. The van der Waals surface area contributed by atoms with Crippen LogP contribution in [0.15, 0.2) is 47.0 Å². The average molecular weight is 296 g/mol. The third kappa shape index (κ3) is 2.14. The van der Waals surface area contributed by atoms with Crippen LogP contribution in [0.3, 0.4) is 0 Å². The quantitative estimate of drug-likeness (QED) is 0.726. The molecule has 21 heavy (non-hydrogen) atoms. The number of Topliss-reactive ketones (excluding diaryl/α,β-unsaturated/α-hetero) is 1. The number of fused-ring (bicyclic) bond motifs is 1. The van der Waals surface area contributed by atoms with Crippen molar-refractivity contribution >= 4 is 28.3 Å². The normalized spacial score (nSPS) is 18.5. The Morgan fingerprint density at radius 3 is 2.86 bits per heavy atom. The number of hydrogen-bond acceptors (Lipinski definition) is 5. The van der Waals surface area contributed by atoms with Crippen molar-refractivity contribution in [2.75, 3.05) is 11.5 Å². The fraction of sp³-hybridized carbons (Fsp3) is 0.188. The van der Waals surface area contributed by atoms with Crippen LogP contribution in [0.1, 0.15) is 11.8 Å². The molecule has 1 saturated heterocycles. The number of carbonyl (C=O) groups excluding carboxylic acids is 1. The van der Waals surface area contributed by atoms with E-state index >= 15 is 0 Å². The van der Waals surface area contributed by atoms with E-state index in [9.17, 15) is 4.79 Å². The Hall–Kier alpha value is -2.14. The van der Waals surface area contributed by atoms with Crippen LogP contribution >= 0.6 is 11.8 Å². The number of aromatic nitrogens is 2. The lowest BCUT2D eigenvalue weighted by molar-refractivity contribution is -0.117. The van der Waals surface area contributed by atoms with Gasteiger partial charge in [0.05, 0.1) is 5.75 Å². The SMILES string of the molecule is O=C1CSCC1c1nc(-c2cccc3ccccc23)no1. The van der Waals surface area contributed by atoms with E-state index in [0.29, 0.717) is 17.5 Å². The number of hydrogen-bond donors (Lipinski definition) is 0. The molecule has 1 aromatic heterocycles. The van der Waals surface area contributed by atoms with Crippen molar-refractivity contribution in [3.05, 3.63) is 48.4 Å². The minimum absolute atomic E-state index is 0.174. The molecule has 3 aromatic rings.